The van der Waals surface area contributed by atoms with Crippen LogP contribution in [0.5, 0.6) is 0 Å². The molecule has 2 atom stereocenters. The first kappa shape index (κ1) is 22.2. The summed E-state index contributed by atoms with van der Waals surface area (Å²) < 4.78 is 36.7. The molecule has 1 aliphatic carbocycles. The summed E-state index contributed by atoms with van der Waals surface area (Å²) in [4.78, 5) is 18.9. The van der Waals surface area contributed by atoms with E-state index in [0.717, 1.165) is 30.2 Å². The van der Waals surface area contributed by atoms with Crippen molar-refractivity contribution in [3.63, 3.8) is 0 Å². The van der Waals surface area contributed by atoms with Gasteiger partial charge < -0.3 is 4.74 Å². The molecule has 1 aliphatic heterocycles. The van der Waals surface area contributed by atoms with Crippen molar-refractivity contribution in [3.8, 4) is 11.3 Å². The van der Waals surface area contributed by atoms with Crippen molar-refractivity contribution in [2.45, 2.75) is 64.0 Å². The molecule has 2 fully saturated rings. The summed E-state index contributed by atoms with van der Waals surface area (Å²) in [5.74, 6) is -0.760. The van der Waals surface area contributed by atoms with Crippen molar-refractivity contribution in [2.24, 2.45) is 0 Å². The lowest BCUT2D eigenvalue weighted by atomic mass is 9.94. The van der Waals surface area contributed by atoms with Crippen LogP contribution in [0.1, 0.15) is 72.9 Å². The fraction of sp³-hybridized carbons (Fsp3) is 0.423. The van der Waals surface area contributed by atoms with Gasteiger partial charge in [0.1, 0.15) is 28.7 Å². The second-order valence-electron chi connectivity index (χ2n) is 9.54. The van der Waals surface area contributed by atoms with Gasteiger partial charge in [0.15, 0.2) is 5.65 Å². The van der Waals surface area contributed by atoms with Crippen LogP contribution >= 0.6 is 0 Å². The molecule has 0 N–H and O–H groups in total. The van der Waals surface area contributed by atoms with E-state index in [2.05, 4.69) is 21.3 Å². The third-order valence-corrected chi connectivity index (χ3v) is 6.94. The summed E-state index contributed by atoms with van der Waals surface area (Å²) in [7, 11) is 0. The molecule has 0 radical (unpaired) electrons. The van der Waals surface area contributed by atoms with Crippen molar-refractivity contribution in [1.82, 2.24) is 29.7 Å². The molecule has 0 bridgehead atoms. The Labute approximate surface area is 201 Å². The van der Waals surface area contributed by atoms with Crippen molar-refractivity contribution < 1.29 is 13.5 Å². The van der Waals surface area contributed by atoms with E-state index in [-0.39, 0.29) is 17.6 Å². The molecule has 3 aromatic heterocycles. The van der Waals surface area contributed by atoms with Crippen LogP contribution in [0, 0.1) is 25.5 Å². The zero-order valence-electron chi connectivity index (χ0n) is 19.7. The normalized spacial score (nSPS) is 20.8. The van der Waals surface area contributed by atoms with E-state index >= 15 is 0 Å². The van der Waals surface area contributed by atoms with Gasteiger partial charge in [-0.3, -0.25) is 4.68 Å². The summed E-state index contributed by atoms with van der Waals surface area (Å²) in [6.07, 6.45) is 8.58. The maximum Gasteiger partial charge on any atom is 0.182 e. The smallest absolute Gasteiger partial charge is 0.182 e. The van der Waals surface area contributed by atoms with Gasteiger partial charge in [0.25, 0.3) is 0 Å². The average Bonchev–Trinajstić information content (AvgIpc) is 3.62. The lowest BCUT2D eigenvalue weighted by molar-refractivity contribution is 0.0564. The average molecular weight is 477 g/mol. The molecule has 4 heterocycles. The van der Waals surface area contributed by atoms with Gasteiger partial charge in [0, 0.05) is 35.9 Å². The Morgan fingerprint density at radius 1 is 1.00 bits per heavy atom. The molecule has 6 rings (SSSR count). The number of ether oxygens (including phenoxy) is 1. The second-order valence-corrected chi connectivity index (χ2v) is 9.54. The van der Waals surface area contributed by atoms with Crippen molar-refractivity contribution >= 4 is 11.2 Å². The first-order valence-corrected chi connectivity index (χ1v) is 12.1. The number of halogens is 2. The number of fused-ring (bicyclic) bond motifs is 1. The van der Waals surface area contributed by atoms with E-state index in [0.29, 0.717) is 47.4 Å². The molecular weight excluding hydrogens is 450 g/mol. The molecule has 1 saturated carbocycles. The minimum Gasteiger partial charge on any atom is -0.373 e. The summed E-state index contributed by atoms with van der Waals surface area (Å²) >= 11 is 0. The van der Waals surface area contributed by atoms with Crippen LogP contribution in [0.3, 0.4) is 0 Å². The fourth-order valence-electron chi connectivity index (χ4n) is 4.71. The third kappa shape index (κ3) is 4.29. The van der Waals surface area contributed by atoms with Crippen LogP contribution in [0.2, 0.25) is 0 Å². The molecule has 9 heteroatoms. The van der Waals surface area contributed by atoms with Crippen LogP contribution in [0.15, 0.2) is 30.6 Å². The number of hydrogen-bond donors (Lipinski definition) is 0. The third-order valence-electron chi connectivity index (χ3n) is 6.94. The Kier molecular flexibility index (Phi) is 5.51. The summed E-state index contributed by atoms with van der Waals surface area (Å²) in [6, 6.07) is 4.00. The number of hydrogen-bond acceptors (Lipinski definition) is 6. The molecule has 0 amide bonds. The van der Waals surface area contributed by atoms with Gasteiger partial charge in [0.05, 0.1) is 29.7 Å². The predicted molar refractivity (Wildman–Crippen MR) is 126 cm³/mol. The zero-order valence-corrected chi connectivity index (χ0v) is 19.7. The fourth-order valence-corrected chi connectivity index (χ4v) is 4.71. The minimum absolute atomic E-state index is 0.0122. The summed E-state index contributed by atoms with van der Waals surface area (Å²) in [5.41, 5.74) is 3.87. The standard InChI is InChI=1S/C26H26F2N6O/c1-14-15(2)31-26-24(30-14)23(20-8-5-18(27)11-21(20)28)32-25(33-26)16-4-3-9-35-22(10-16)17-12-29-34(13-17)19-6-7-19/h5,8,11-13,16,19,22H,3-4,6-7,9-10H2,1-2H3/t16-,22-/m0/s1. The van der Waals surface area contributed by atoms with E-state index in [4.69, 9.17) is 14.7 Å². The Balaban J connectivity index is 1.43. The maximum absolute atomic E-state index is 14.9. The quantitative estimate of drug-likeness (QED) is 0.385. The Hall–Kier alpha value is -3.33. The van der Waals surface area contributed by atoms with E-state index < -0.39 is 11.6 Å². The zero-order chi connectivity index (χ0) is 24.1. The van der Waals surface area contributed by atoms with E-state index in [1.807, 2.05) is 24.7 Å². The Bertz CT molecular complexity index is 1420. The number of benzene rings is 1. The first-order chi connectivity index (χ1) is 17.0. The van der Waals surface area contributed by atoms with Crippen molar-refractivity contribution in [3.05, 3.63) is 65.0 Å². The second kappa shape index (κ2) is 8.71. The highest BCUT2D eigenvalue weighted by Gasteiger charge is 2.30. The van der Waals surface area contributed by atoms with Crippen LogP contribution < -0.4 is 0 Å². The minimum atomic E-state index is -0.689. The van der Waals surface area contributed by atoms with Gasteiger partial charge in [-0.2, -0.15) is 5.10 Å². The van der Waals surface area contributed by atoms with Crippen LogP contribution in [0.4, 0.5) is 8.78 Å². The molecule has 2 aliphatic rings. The van der Waals surface area contributed by atoms with E-state index in [1.54, 1.807) is 0 Å². The molecule has 35 heavy (non-hydrogen) atoms. The number of aromatic nitrogens is 6. The van der Waals surface area contributed by atoms with Gasteiger partial charge in [-0.1, -0.05) is 0 Å². The predicted octanol–water partition coefficient (Wildman–Crippen LogP) is 5.54. The lowest BCUT2D eigenvalue weighted by Gasteiger charge is -2.19. The highest BCUT2D eigenvalue weighted by Crippen LogP contribution is 2.39. The Morgan fingerprint density at radius 3 is 2.63 bits per heavy atom. The van der Waals surface area contributed by atoms with Crippen LogP contribution in [0.25, 0.3) is 22.4 Å². The first-order valence-electron chi connectivity index (χ1n) is 12.1. The van der Waals surface area contributed by atoms with Gasteiger partial charge in [-0.15, -0.1) is 0 Å². The molecule has 0 spiro atoms. The highest BCUT2D eigenvalue weighted by molar-refractivity contribution is 5.87. The highest BCUT2D eigenvalue weighted by atomic mass is 19.1. The molecule has 1 saturated heterocycles. The molecular formula is C26H26F2N6O. The van der Waals surface area contributed by atoms with Gasteiger partial charge >= 0.3 is 0 Å². The molecule has 4 aromatic rings. The largest absolute Gasteiger partial charge is 0.373 e. The van der Waals surface area contributed by atoms with Gasteiger partial charge in [-0.25, -0.2) is 28.7 Å². The van der Waals surface area contributed by atoms with E-state index in [9.17, 15) is 8.78 Å². The maximum atomic E-state index is 14.9. The monoisotopic (exact) mass is 476 g/mol. The number of nitrogens with zero attached hydrogens (tertiary/aromatic N) is 6. The topological polar surface area (TPSA) is 78.6 Å². The van der Waals surface area contributed by atoms with Crippen LogP contribution in [-0.4, -0.2) is 36.3 Å². The SMILES string of the molecule is Cc1nc2nc([C@H]3CCCO[C@H](c4cnn(C5CC5)c4)C3)nc(-c3ccc(F)cc3F)c2nc1C. The van der Waals surface area contributed by atoms with Crippen molar-refractivity contribution in [2.75, 3.05) is 6.61 Å². The summed E-state index contributed by atoms with van der Waals surface area (Å²) in [5, 5.41) is 4.53. The lowest BCUT2D eigenvalue weighted by Crippen LogP contribution is -2.11. The van der Waals surface area contributed by atoms with Crippen molar-refractivity contribution in [1.29, 1.82) is 0 Å². The van der Waals surface area contributed by atoms with E-state index in [1.165, 1.54) is 25.0 Å². The number of rotatable bonds is 4. The van der Waals surface area contributed by atoms with Crippen LogP contribution in [-0.2, 0) is 4.74 Å². The van der Waals surface area contributed by atoms with Gasteiger partial charge in [0.2, 0.25) is 0 Å². The molecule has 180 valence electrons. The number of aryl methyl sites for hydroxylation is 2. The molecule has 1 aromatic carbocycles. The summed E-state index contributed by atoms with van der Waals surface area (Å²) in [6.45, 7) is 4.35. The molecule has 7 nitrogen and oxygen atoms in total. The Morgan fingerprint density at radius 2 is 1.83 bits per heavy atom. The van der Waals surface area contributed by atoms with Gasteiger partial charge in [-0.05, 0) is 58.1 Å². The molecule has 0 unspecified atom stereocenters.